The highest BCUT2D eigenvalue weighted by Crippen LogP contribution is 2.32. The van der Waals surface area contributed by atoms with E-state index in [1.807, 2.05) is 0 Å². The molecule has 14 heavy (non-hydrogen) atoms. The number of benzene rings is 1. The molecule has 0 fully saturated rings. The predicted molar refractivity (Wildman–Crippen MR) is 62.2 cm³/mol. The summed E-state index contributed by atoms with van der Waals surface area (Å²) < 4.78 is 2.11. The van der Waals surface area contributed by atoms with Gasteiger partial charge in [-0.1, -0.05) is 5.11 Å². The van der Waals surface area contributed by atoms with E-state index in [1.54, 1.807) is 0 Å². The number of rotatable bonds is 1. The van der Waals surface area contributed by atoms with Crippen molar-refractivity contribution in [2.45, 2.75) is 18.9 Å². The fraction of sp³-hybridized carbons (Fsp3) is 0.333. The smallest absolute Gasteiger partial charge is 0.0454 e. The van der Waals surface area contributed by atoms with Gasteiger partial charge in [0, 0.05) is 19.9 Å². The molecule has 1 aliphatic carbocycles. The van der Waals surface area contributed by atoms with Crippen LogP contribution in [0.5, 0.6) is 0 Å². The maximum atomic E-state index is 8.35. The lowest BCUT2D eigenvalue weighted by molar-refractivity contribution is 0.714. The van der Waals surface area contributed by atoms with Crippen molar-refractivity contribution < 1.29 is 0 Å². The summed E-state index contributed by atoms with van der Waals surface area (Å²) in [6, 6.07) is 4.27. The molecule has 0 unspecified atom stereocenters. The van der Waals surface area contributed by atoms with Crippen LogP contribution < -0.4 is 0 Å². The SMILES string of the molecule is [N-]=[N+]=NC1Cc2cc(Br)c(Br)cc2C1. The average Bonchev–Trinajstić information content (AvgIpc) is 2.48. The molecule has 0 aromatic heterocycles. The minimum atomic E-state index is 0.0937. The molecule has 0 amide bonds. The summed E-state index contributed by atoms with van der Waals surface area (Å²) in [4.78, 5) is 2.85. The molecule has 0 radical (unpaired) electrons. The largest absolute Gasteiger partial charge is 0.0899 e. The fourth-order valence-corrected chi connectivity index (χ4v) is 2.53. The number of azide groups is 1. The van der Waals surface area contributed by atoms with Crippen LogP contribution in [0, 0.1) is 0 Å². The molecule has 0 spiro atoms. The van der Waals surface area contributed by atoms with Gasteiger partial charge in [0.1, 0.15) is 0 Å². The number of hydrogen-bond donors (Lipinski definition) is 0. The zero-order valence-electron chi connectivity index (χ0n) is 7.24. The fourth-order valence-electron chi connectivity index (χ4n) is 1.74. The highest BCUT2D eigenvalue weighted by atomic mass is 79.9. The summed E-state index contributed by atoms with van der Waals surface area (Å²) in [7, 11) is 0. The van der Waals surface area contributed by atoms with E-state index >= 15 is 0 Å². The number of halogens is 2. The first-order chi connectivity index (χ1) is 6.70. The first-order valence-corrected chi connectivity index (χ1v) is 5.80. The van der Waals surface area contributed by atoms with Crippen molar-refractivity contribution in [2.75, 3.05) is 0 Å². The second-order valence-corrected chi connectivity index (χ2v) is 5.01. The van der Waals surface area contributed by atoms with Crippen molar-refractivity contribution in [1.29, 1.82) is 0 Å². The van der Waals surface area contributed by atoms with Gasteiger partial charge in [-0.2, -0.15) is 0 Å². The third kappa shape index (κ3) is 1.80. The Morgan fingerprint density at radius 3 is 2.14 bits per heavy atom. The Kier molecular flexibility index (Phi) is 2.81. The van der Waals surface area contributed by atoms with Crippen molar-refractivity contribution in [2.24, 2.45) is 5.11 Å². The van der Waals surface area contributed by atoms with Crippen molar-refractivity contribution >= 4 is 31.9 Å². The Morgan fingerprint density at radius 2 is 1.71 bits per heavy atom. The lowest BCUT2D eigenvalue weighted by Gasteiger charge is -2.01. The van der Waals surface area contributed by atoms with Crippen LogP contribution in [-0.4, -0.2) is 6.04 Å². The lowest BCUT2D eigenvalue weighted by atomic mass is 10.1. The van der Waals surface area contributed by atoms with E-state index in [4.69, 9.17) is 5.53 Å². The van der Waals surface area contributed by atoms with E-state index in [1.165, 1.54) is 11.1 Å². The highest BCUT2D eigenvalue weighted by Gasteiger charge is 2.21. The van der Waals surface area contributed by atoms with E-state index in [-0.39, 0.29) is 6.04 Å². The summed E-state index contributed by atoms with van der Waals surface area (Å²) in [5, 5.41) is 3.75. The predicted octanol–water partition coefficient (Wildman–Crippen LogP) is 3.99. The Morgan fingerprint density at radius 1 is 1.21 bits per heavy atom. The number of hydrogen-bond acceptors (Lipinski definition) is 1. The molecule has 72 valence electrons. The standard InChI is InChI=1S/C9H7Br2N3/c10-8-3-5-1-7(13-14-12)2-6(5)4-9(8)11/h3-4,7H,1-2H2. The monoisotopic (exact) mass is 315 g/mol. The van der Waals surface area contributed by atoms with Crippen molar-refractivity contribution in [3.63, 3.8) is 0 Å². The second-order valence-electron chi connectivity index (χ2n) is 3.30. The van der Waals surface area contributed by atoms with Gasteiger partial charge in [-0.25, -0.2) is 0 Å². The van der Waals surface area contributed by atoms with Crippen molar-refractivity contribution in [3.8, 4) is 0 Å². The van der Waals surface area contributed by atoms with Gasteiger partial charge in [-0.15, -0.1) is 0 Å². The molecular weight excluding hydrogens is 310 g/mol. The Hall–Kier alpha value is -0.510. The molecule has 5 heteroatoms. The highest BCUT2D eigenvalue weighted by molar-refractivity contribution is 9.13. The van der Waals surface area contributed by atoms with Crippen LogP contribution in [0.2, 0.25) is 0 Å². The van der Waals surface area contributed by atoms with Crippen LogP contribution in [0.25, 0.3) is 10.4 Å². The number of fused-ring (bicyclic) bond motifs is 1. The molecule has 0 saturated carbocycles. The summed E-state index contributed by atoms with van der Waals surface area (Å²) >= 11 is 6.91. The van der Waals surface area contributed by atoms with Gasteiger partial charge in [0.2, 0.25) is 0 Å². The summed E-state index contributed by atoms with van der Waals surface area (Å²) in [6.07, 6.45) is 1.70. The molecule has 3 nitrogen and oxygen atoms in total. The zero-order valence-corrected chi connectivity index (χ0v) is 10.4. The molecule has 1 aromatic carbocycles. The van der Waals surface area contributed by atoms with Gasteiger partial charge in [0.15, 0.2) is 0 Å². The minimum absolute atomic E-state index is 0.0937. The van der Waals surface area contributed by atoms with Crippen molar-refractivity contribution in [3.05, 3.63) is 42.6 Å². The van der Waals surface area contributed by atoms with Gasteiger partial charge in [-0.05, 0) is 73.5 Å². The zero-order chi connectivity index (χ0) is 10.1. The molecule has 0 N–H and O–H groups in total. The van der Waals surface area contributed by atoms with Crippen LogP contribution in [-0.2, 0) is 12.8 Å². The Balaban J connectivity index is 2.35. The third-order valence-corrected chi connectivity index (χ3v) is 4.21. The maximum Gasteiger partial charge on any atom is 0.0454 e. The topological polar surface area (TPSA) is 48.8 Å². The van der Waals surface area contributed by atoms with E-state index < -0.39 is 0 Å². The van der Waals surface area contributed by atoms with Gasteiger partial charge in [-0.3, -0.25) is 0 Å². The molecule has 0 heterocycles. The summed E-state index contributed by atoms with van der Waals surface area (Å²) in [5.74, 6) is 0. The average molecular weight is 317 g/mol. The Bertz CT molecular complexity index is 393. The molecular formula is C9H7Br2N3. The van der Waals surface area contributed by atoms with Gasteiger partial charge < -0.3 is 0 Å². The summed E-state index contributed by atoms with van der Waals surface area (Å²) in [6.45, 7) is 0. The van der Waals surface area contributed by atoms with Gasteiger partial charge >= 0.3 is 0 Å². The molecule has 1 aliphatic rings. The number of nitrogens with zero attached hydrogens (tertiary/aromatic N) is 3. The van der Waals surface area contributed by atoms with Crippen LogP contribution in [0.1, 0.15) is 11.1 Å². The van der Waals surface area contributed by atoms with E-state index in [0.29, 0.717) is 0 Å². The van der Waals surface area contributed by atoms with Crippen LogP contribution in [0.3, 0.4) is 0 Å². The first-order valence-electron chi connectivity index (χ1n) is 4.21. The Labute approximate surface area is 98.4 Å². The molecule has 0 aliphatic heterocycles. The molecule has 0 saturated heterocycles. The minimum Gasteiger partial charge on any atom is -0.0899 e. The van der Waals surface area contributed by atoms with Crippen LogP contribution >= 0.6 is 31.9 Å². The van der Waals surface area contributed by atoms with Crippen molar-refractivity contribution in [1.82, 2.24) is 0 Å². The molecule has 0 atom stereocenters. The van der Waals surface area contributed by atoms with Gasteiger partial charge in [0.05, 0.1) is 0 Å². The van der Waals surface area contributed by atoms with E-state index in [0.717, 1.165) is 21.8 Å². The lowest BCUT2D eigenvalue weighted by Crippen LogP contribution is -2.00. The normalized spacial score (nSPS) is 15.0. The molecule has 0 bridgehead atoms. The van der Waals surface area contributed by atoms with Gasteiger partial charge in [0.25, 0.3) is 0 Å². The molecule has 1 aromatic rings. The van der Waals surface area contributed by atoms with E-state index in [9.17, 15) is 0 Å². The van der Waals surface area contributed by atoms with E-state index in [2.05, 4.69) is 54.0 Å². The first kappa shape index (κ1) is 10.0. The maximum absolute atomic E-state index is 8.35. The quantitative estimate of drug-likeness (QED) is 0.427. The molecule has 2 rings (SSSR count). The summed E-state index contributed by atoms with van der Waals surface area (Å²) in [5.41, 5.74) is 10.9. The van der Waals surface area contributed by atoms with Crippen LogP contribution in [0.15, 0.2) is 26.2 Å². The second kappa shape index (κ2) is 3.93. The van der Waals surface area contributed by atoms with Crippen LogP contribution in [0.4, 0.5) is 0 Å². The third-order valence-electron chi connectivity index (χ3n) is 2.37.